The number of hydrogen-bond donors (Lipinski definition) is 1. The van der Waals surface area contributed by atoms with E-state index in [1.807, 2.05) is 39.0 Å². The van der Waals surface area contributed by atoms with Crippen LogP contribution in [0.25, 0.3) is 0 Å². The Morgan fingerprint density at radius 3 is 2.62 bits per heavy atom. The van der Waals surface area contributed by atoms with Gasteiger partial charge in [-0.3, -0.25) is 9.10 Å². The number of halogens is 1. The largest absolute Gasteiger partial charge is 0.487 e. The first-order valence-corrected chi connectivity index (χ1v) is 11.1. The number of aryl methyl sites for hydroxylation is 1. The summed E-state index contributed by atoms with van der Waals surface area (Å²) in [7, 11) is -3.86. The Bertz CT molecular complexity index is 1040. The Balaban J connectivity index is 1.85. The van der Waals surface area contributed by atoms with Crippen LogP contribution in [-0.2, 0) is 14.8 Å². The van der Waals surface area contributed by atoms with Crippen LogP contribution in [-0.4, -0.2) is 32.7 Å². The Morgan fingerprint density at radius 1 is 1.28 bits per heavy atom. The summed E-state index contributed by atoms with van der Waals surface area (Å²) in [6.45, 7) is 5.30. The molecule has 0 aromatic heterocycles. The first kappa shape index (κ1) is 21.1. The number of ether oxygens (including phenoxy) is 1. The van der Waals surface area contributed by atoms with Gasteiger partial charge in [0.25, 0.3) is 0 Å². The molecule has 2 aromatic carbocycles. The molecule has 6 nitrogen and oxygen atoms in total. The summed E-state index contributed by atoms with van der Waals surface area (Å²) in [6.07, 6.45) is 1.47. The van der Waals surface area contributed by atoms with Crippen molar-refractivity contribution >= 4 is 21.6 Å². The number of hydrogen-bond acceptors (Lipinski definition) is 4. The van der Waals surface area contributed by atoms with Crippen molar-refractivity contribution in [2.75, 3.05) is 17.1 Å². The number of carbonyl (C=O) groups is 1. The molecule has 2 aromatic rings. The maximum atomic E-state index is 14.2. The zero-order chi connectivity index (χ0) is 21.4. The Hall–Kier alpha value is -2.61. The molecule has 0 saturated carbocycles. The summed E-state index contributed by atoms with van der Waals surface area (Å²) in [4.78, 5) is 12.8. The predicted molar refractivity (Wildman–Crippen MR) is 110 cm³/mol. The van der Waals surface area contributed by atoms with Gasteiger partial charge in [-0.25, -0.2) is 12.8 Å². The van der Waals surface area contributed by atoms with Gasteiger partial charge in [0.1, 0.15) is 23.7 Å². The van der Waals surface area contributed by atoms with Crippen LogP contribution < -0.4 is 14.4 Å². The molecule has 1 atom stereocenters. The Labute approximate surface area is 170 Å². The third-order valence-corrected chi connectivity index (χ3v) is 5.90. The second-order valence-electron chi connectivity index (χ2n) is 7.95. The first-order chi connectivity index (χ1) is 13.5. The Kier molecular flexibility index (Phi) is 5.58. The van der Waals surface area contributed by atoms with E-state index in [2.05, 4.69) is 5.32 Å². The number of fused-ring (bicyclic) bond motifs is 1. The smallest absolute Gasteiger partial charge is 0.241 e. The van der Waals surface area contributed by atoms with Gasteiger partial charge in [0, 0.05) is 12.0 Å². The average molecular weight is 421 g/mol. The van der Waals surface area contributed by atoms with Gasteiger partial charge < -0.3 is 10.1 Å². The number of nitrogens with one attached hydrogen (secondary N) is 1. The predicted octanol–water partition coefficient (Wildman–Crippen LogP) is 3.32. The van der Waals surface area contributed by atoms with E-state index in [0.29, 0.717) is 12.2 Å². The average Bonchev–Trinajstić information content (AvgIpc) is 2.58. The molecule has 0 fully saturated rings. The van der Waals surface area contributed by atoms with Crippen LogP contribution in [0.3, 0.4) is 0 Å². The second kappa shape index (κ2) is 7.67. The molecule has 1 aliphatic rings. The van der Waals surface area contributed by atoms with Gasteiger partial charge >= 0.3 is 0 Å². The van der Waals surface area contributed by atoms with Crippen molar-refractivity contribution in [3.63, 3.8) is 0 Å². The zero-order valence-corrected chi connectivity index (χ0v) is 17.7. The maximum absolute atomic E-state index is 14.2. The van der Waals surface area contributed by atoms with Gasteiger partial charge in [0.15, 0.2) is 0 Å². The monoisotopic (exact) mass is 420 g/mol. The van der Waals surface area contributed by atoms with Crippen LogP contribution in [0.5, 0.6) is 5.75 Å². The quantitative estimate of drug-likeness (QED) is 0.805. The zero-order valence-electron chi connectivity index (χ0n) is 16.9. The molecule has 29 heavy (non-hydrogen) atoms. The highest BCUT2D eigenvalue weighted by Gasteiger charge is 2.35. The van der Waals surface area contributed by atoms with Crippen LogP contribution in [0.15, 0.2) is 42.5 Å². The summed E-state index contributed by atoms with van der Waals surface area (Å²) in [5.41, 5.74) is 1.21. The molecule has 156 valence electrons. The number of amides is 1. The topological polar surface area (TPSA) is 75.7 Å². The molecule has 0 spiro atoms. The van der Waals surface area contributed by atoms with E-state index in [0.717, 1.165) is 27.8 Å². The van der Waals surface area contributed by atoms with Crippen molar-refractivity contribution in [2.24, 2.45) is 0 Å². The van der Waals surface area contributed by atoms with Gasteiger partial charge in [0.05, 0.1) is 18.0 Å². The van der Waals surface area contributed by atoms with E-state index in [1.165, 1.54) is 18.2 Å². The van der Waals surface area contributed by atoms with Crippen LogP contribution >= 0.6 is 0 Å². The fraction of sp³-hybridized carbons (Fsp3) is 0.381. The lowest BCUT2D eigenvalue weighted by Crippen LogP contribution is -2.45. The highest BCUT2D eigenvalue weighted by Crippen LogP contribution is 2.39. The molecule has 0 saturated heterocycles. The fourth-order valence-electron chi connectivity index (χ4n) is 3.49. The summed E-state index contributed by atoms with van der Waals surface area (Å²) < 4.78 is 45.4. The third-order valence-electron chi connectivity index (χ3n) is 4.77. The number of rotatable bonds is 5. The second-order valence-corrected chi connectivity index (χ2v) is 9.86. The van der Waals surface area contributed by atoms with E-state index in [4.69, 9.17) is 4.74 Å². The van der Waals surface area contributed by atoms with Crippen LogP contribution in [0.2, 0.25) is 0 Å². The fourth-order valence-corrected chi connectivity index (χ4v) is 4.35. The minimum atomic E-state index is -3.86. The highest BCUT2D eigenvalue weighted by atomic mass is 32.2. The van der Waals surface area contributed by atoms with E-state index in [1.54, 1.807) is 0 Å². The van der Waals surface area contributed by atoms with Crippen molar-refractivity contribution in [3.05, 3.63) is 59.4 Å². The number of benzene rings is 2. The lowest BCUT2D eigenvalue weighted by molar-refractivity contribution is -0.120. The van der Waals surface area contributed by atoms with Crippen molar-refractivity contribution in [1.82, 2.24) is 5.32 Å². The minimum absolute atomic E-state index is 0.159. The standard InChI is InChI=1S/C21H25FN2O4S/c1-14-9-10-15-17(12-21(2,3)28-19(15)11-14)23-20(25)13-24(29(4,26)27)18-8-6-5-7-16(18)22/h5-11,17H,12-13H2,1-4H3,(H,23,25)/t17-/m1/s1. The van der Waals surface area contributed by atoms with E-state index < -0.39 is 33.9 Å². The van der Waals surface area contributed by atoms with Crippen LogP contribution in [0.1, 0.15) is 37.4 Å². The maximum Gasteiger partial charge on any atom is 0.241 e. The van der Waals surface area contributed by atoms with Crippen molar-refractivity contribution in [3.8, 4) is 5.75 Å². The lowest BCUT2D eigenvalue weighted by atomic mass is 9.89. The van der Waals surface area contributed by atoms with E-state index in [-0.39, 0.29) is 11.7 Å². The molecule has 8 heteroatoms. The summed E-state index contributed by atoms with van der Waals surface area (Å²) in [5, 5.41) is 2.89. The SMILES string of the molecule is Cc1ccc2c(c1)OC(C)(C)C[C@H]2NC(=O)CN(c1ccccc1F)S(C)(=O)=O. The molecule has 1 amide bonds. The number of carbonyl (C=O) groups excluding carboxylic acids is 1. The molecular weight excluding hydrogens is 395 g/mol. The van der Waals surface area contributed by atoms with E-state index >= 15 is 0 Å². The molecule has 1 N–H and O–H groups in total. The van der Waals surface area contributed by atoms with Crippen LogP contribution in [0.4, 0.5) is 10.1 Å². The van der Waals surface area contributed by atoms with Crippen molar-refractivity contribution in [2.45, 2.75) is 38.8 Å². The molecule has 0 aliphatic carbocycles. The molecule has 3 rings (SSSR count). The first-order valence-electron chi connectivity index (χ1n) is 9.27. The summed E-state index contributed by atoms with van der Waals surface area (Å²) >= 11 is 0. The number of para-hydroxylation sites is 1. The molecule has 0 bridgehead atoms. The summed E-state index contributed by atoms with van der Waals surface area (Å²) in [6, 6.07) is 10.9. The minimum Gasteiger partial charge on any atom is -0.487 e. The molecule has 0 radical (unpaired) electrons. The van der Waals surface area contributed by atoms with Crippen molar-refractivity contribution in [1.29, 1.82) is 0 Å². The van der Waals surface area contributed by atoms with Gasteiger partial charge in [-0.2, -0.15) is 0 Å². The van der Waals surface area contributed by atoms with Gasteiger partial charge in [-0.05, 0) is 44.5 Å². The van der Waals surface area contributed by atoms with Gasteiger partial charge in [-0.15, -0.1) is 0 Å². The van der Waals surface area contributed by atoms with Gasteiger partial charge in [-0.1, -0.05) is 24.3 Å². The number of anilines is 1. The van der Waals surface area contributed by atoms with E-state index in [9.17, 15) is 17.6 Å². The van der Waals surface area contributed by atoms with Gasteiger partial charge in [0.2, 0.25) is 15.9 Å². The number of sulfonamides is 1. The van der Waals surface area contributed by atoms with Crippen LogP contribution in [0, 0.1) is 12.7 Å². The highest BCUT2D eigenvalue weighted by molar-refractivity contribution is 7.92. The lowest BCUT2D eigenvalue weighted by Gasteiger charge is -2.38. The number of nitrogens with zero attached hydrogens (tertiary/aromatic N) is 1. The molecular formula is C21H25FN2O4S. The summed E-state index contributed by atoms with van der Waals surface area (Å²) in [5.74, 6) is -0.535. The molecule has 0 unspecified atom stereocenters. The normalized spacial score (nSPS) is 17.8. The molecule has 1 aliphatic heterocycles. The third kappa shape index (κ3) is 4.87. The molecule has 1 heterocycles. The van der Waals surface area contributed by atoms with Crippen molar-refractivity contribution < 1.29 is 22.3 Å². The Morgan fingerprint density at radius 2 is 1.97 bits per heavy atom.